The number of fused-ring (bicyclic) bond motifs is 1. The molecule has 104 valence electrons. The standard InChI is InChI=1S/C17H20N2O/c1-2-20-17-6-4-3-5-16(17)19-15-10-7-12-11-13(18)8-9-14(12)15/h3-6,8-9,11,15,19H,2,7,10,18H2,1H3. The number of nitrogen functional groups attached to an aromatic ring is 1. The second-order valence-corrected chi connectivity index (χ2v) is 5.12. The molecule has 2 aromatic rings. The molecule has 1 atom stereocenters. The average Bonchev–Trinajstić information content (AvgIpc) is 2.83. The lowest BCUT2D eigenvalue weighted by Crippen LogP contribution is -2.08. The van der Waals surface area contributed by atoms with E-state index in [-0.39, 0.29) is 0 Å². The van der Waals surface area contributed by atoms with Gasteiger partial charge in [0.2, 0.25) is 0 Å². The Bertz CT molecular complexity index is 610. The average molecular weight is 268 g/mol. The highest BCUT2D eigenvalue weighted by molar-refractivity contribution is 5.59. The summed E-state index contributed by atoms with van der Waals surface area (Å²) in [6.45, 7) is 2.68. The first-order chi connectivity index (χ1) is 9.78. The second-order valence-electron chi connectivity index (χ2n) is 5.12. The Balaban J connectivity index is 1.84. The molecule has 0 saturated carbocycles. The van der Waals surface area contributed by atoms with Crippen LogP contribution in [0.15, 0.2) is 42.5 Å². The van der Waals surface area contributed by atoms with Gasteiger partial charge in [0.05, 0.1) is 18.3 Å². The van der Waals surface area contributed by atoms with Crippen LogP contribution in [0.1, 0.15) is 30.5 Å². The van der Waals surface area contributed by atoms with Crippen molar-refractivity contribution in [3.05, 3.63) is 53.6 Å². The van der Waals surface area contributed by atoms with Gasteiger partial charge in [0.15, 0.2) is 0 Å². The van der Waals surface area contributed by atoms with Crippen molar-refractivity contribution in [1.82, 2.24) is 0 Å². The quantitative estimate of drug-likeness (QED) is 0.830. The van der Waals surface area contributed by atoms with Gasteiger partial charge in [0, 0.05) is 5.69 Å². The molecule has 0 spiro atoms. The molecule has 0 saturated heterocycles. The normalized spacial score (nSPS) is 16.8. The van der Waals surface area contributed by atoms with Crippen LogP contribution in [0, 0.1) is 0 Å². The van der Waals surface area contributed by atoms with Crippen LogP contribution in [0.3, 0.4) is 0 Å². The summed E-state index contributed by atoms with van der Waals surface area (Å²) >= 11 is 0. The molecule has 2 aromatic carbocycles. The summed E-state index contributed by atoms with van der Waals surface area (Å²) in [6, 6.07) is 14.7. The fourth-order valence-electron chi connectivity index (χ4n) is 2.84. The molecule has 0 fully saturated rings. The maximum Gasteiger partial charge on any atom is 0.142 e. The van der Waals surface area contributed by atoms with Crippen LogP contribution in [0.4, 0.5) is 11.4 Å². The molecular formula is C17H20N2O. The second kappa shape index (κ2) is 5.45. The van der Waals surface area contributed by atoms with Crippen LogP contribution in [-0.2, 0) is 6.42 Å². The summed E-state index contributed by atoms with van der Waals surface area (Å²) in [5.74, 6) is 0.916. The number of nitrogens with one attached hydrogen (secondary N) is 1. The lowest BCUT2D eigenvalue weighted by Gasteiger charge is -2.18. The SMILES string of the molecule is CCOc1ccccc1NC1CCc2cc(N)ccc21. The van der Waals surface area contributed by atoms with Gasteiger partial charge in [-0.15, -0.1) is 0 Å². The summed E-state index contributed by atoms with van der Waals surface area (Å²) in [5, 5.41) is 3.60. The molecule has 0 radical (unpaired) electrons. The minimum absolute atomic E-state index is 0.340. The van der Waals surface area contributed by atoms with Gasteiger partial charge < -0.3 is 15.8 Å². The van der Waals surface area contributed by atoms with E-state index in [2.05, 4.69) is 23.5 Å². The zero-order valence-corrected chi connectivity index (χ0v) is 11.7. The summed E-state index contributed by atoms with van der Waals surface area (Å²) in [7, 11) is 0. The van der Waals surface area contributed by atoms with E-state index >= 15 is 0 Å². The van der Waals surface area contributed by atoms with Crippen LogP contribution >= 0.6 is 0 Å². The van der Waals surface area contributed by atoms with Crippen LogP contribution < -0.4 is 15.8 Å². The van der Waals surface area contributed by atoms with Crippen molar-refractivity contribution in [3.8, 4) is 5.75 Å². The zero-order chi connectivity index (χ0) is 13.9. The van der Waals surface area contributed by atoms with Gasteiger partial charge in [-0.05, 0) is 55.2 Å². The van der Waals surface area contributed by atoms with Gasteiger partial charge in [0.1, 0.15) is 5.75 Å². The smallest absolute Gasteiger partial charge is 0.142 e. The Morgan fingerprint density at radius 2 is 2.10 bits per heavy atom. The van der Waals surface area contributed by atoms with Crippen LogP contribution in [-0.4, -0.2) is 6.61 Å². The minimum atomic E-state index is 0.340. The third kappa shape index (κ3) is 2.44. The van der Waals surface area contributed by atoms with Gasteiger partial charge in [-0.3, -0.25) is 0 Å². The molecule has 3 heteroatoms. The molecule has 0 aliphatic heterocycles. The molecule has 0 aromatic heterocycles. The van der Waals surface area contributed by atoms with Crippen LogP contribution in [0.25, 0.3) is 0 Å². The Morgan fingerprint density at radius 3 is 2.95 bits per heavy atom. The predicted octanol–water partition coefficient (Wildman–Crippen LogP) is 3.77. The molecule has 1 aliphatic rings. The van der Waals surface area contributed by atoms with Crippen molar-refractivity contribution >= 4 is 11.4 Å². The van der Waals surface area contributed by atoms with Crippen molar-refractivity contribution in [1.29, 1.82) is 0 Å². The van der Waals surface area contributed by atoms with Crippen molar-refractivity contribution in [2.24, 2.45) is 0 Å². The van der Waals surface area contributed by atoms with Gasteiger partial charge in [0.25, 0.3) is 0 Å². The summed E-state index contributed by atoms with van der Waals surface area (Å²) in [4.78, 5) is 0. The van der Waals surface area contributed by atoms with E-state index in [4.69, 9.17) is 10.5 Å². The van der Waals surface area contributed by atoms with E-state index in [0.29, 0.717) is 12.6 Å². The Kier molecular flexibility index (Phi) is 3.50. The highest BCUT2D eigenvalue weighted by Crippen LogP contribution is 2.37. The maximum atomic E-state index is 5.85. The molecule has 3 nitrogen and oxygen atoms in total. The molecule has 3 rings (SSSR count). The largest absolute Gasteiger partial charge is 0.492 e. The number of aryl methyl sites for hydroxylation is 1. The topological polar surface area (TPSA) is 47.3 Å². The molecule has 0 amide bonds. The zero-order valence-electron chi connectivity index (χ0n) is 11.7. The lowest BCUT2D eigenvalue weighted by molar-refractivity contribution is 0.341. The number of ether oxygens (including phenoxy) is 1. The predicted molar refractivity (Wildman–Crippen MR) is 83.2 cm³/mol. The summed E-state index contributed by atoms with van der Waals surface area (Å²) < 4.78 is 5.67. The molecule has 20 heavy (non-hydrogen) atoms. The van der Waals surface area contributed by atoms with Gasteiger partial charge in [-0.1, -0.05) is 18.2 Å². The summed E-state index contributed by atoms with van der Waals surface area (Å²) in [6.07, 6.45) is 2.17. The highest BCUT2D eigenvalue weighted by atomic mass is 16.5. The Morgan fingerprint density at radius 1 is 1.25 bits per heavy atom. The number of para-hydroxylation sites is 2. The van der Waals surface area contributed by atoms with E-state index in [9.17, 15) is 0 Å². The Hall–Kier alpha value is -2.16. The first-order valence-electron chi connectivity index (χ1n) is 7.14. The van der Waals surface area contributed by atoms with Gasteiger partial charge in [-0.2, -0.15) is 0 Å². The van der Waals surface area contributed by atoms with Gasteiger partial charge >= 0.3 is 0 Å². The molecular weight excluding hydrogens is 248 g/mol. The van der Waals surface area contributed by atoms with E-state index < -0.39 is 0 Å². The minimum Gasteiger partial charge on any atom is -0.492 e. The van der Waals surface area contributed by atoms with E-state index in [0.717, 1.165) is 30.0 Å². The fourth-order valence-corrected chi connectivity index (χ4v) is 2.84. The monoisotopic (exact) mass is 268 g/mol. The maximum absolute atomic E-state index is 5.85. The Labute approximate surface area is 119 Å². The van der Waals surface area contributed by atoms with Gasteiger partial charge in [-0.25, -0.2) is 0 Å². The number of nitrogens with two attached hydrogens (primary N) is 1. The molecule has 1 aliphatic carbocycles. The molecule has 0 heterocycles. The van der Waals surface area contributed by atoms with E-state index in [1.165, 1.54) is 11.1 Å². The number of rotatable bonds is 4. The molecule has 0 bridgehead atoms. The number of anilines is 2. The van der Waals surface area contributed by atoms with Crippen molar-refractivity contribution in [2.45, 2.75) is 25.8 Å². The molecule has 3 N–H and O–H groups in total. The third-order valence-corrected chi connectivity index (χ3v) is 3.76. The van der Waals surface area contributed by atoms with E-state index in [1.54, 1.807) is 0 Å². The molecule has 1 unspecified atom stereocenters. The van der Waals surface area contributed by atoms with E-state index in [1.807, 2.05) is 31.2 Å². The number of hydrogen-bond donors (Lipinski definition) is 2. The third-order valence-electron chi connectivity index (χ3n) is 3.76. The first-order valence-corrected chi connectivity index (χ1v) is 7.14. The van der Waals surface area contributed by atoms with Crippen molar-refractivity contribution in [3.63, 3.8) is 0 Å². The summed E-state index contributed by atoms with van der Waals surface area (Å²) in [5.41, 5.74) is 10.5. The van der Waals surface area contributed by atoms with Crippen LogP contribution in [0.5, 0.6) is 5.75 Å². The number of hydrogen-bond acceptors (Lipinski definition) is 3. The number of benzene rings is 2. The van der Waals surface area contributed by atoms with Crippen molar-refractivity contribution < 1.29 is 4.74 Å². The highest BCUT2D eigenvalue weighted by Gasteiger charge is 2.23. The first kappa shape index (κ1) is 12.9. The fraction of sp³-hybridized carbons (Fsp3) is 0.294. The lowest BCUT2D eigenvalue weighted by atomic mass is 10.1. The van der Waals surface area contributed by atoms with Crippen molar-refractivity contribution in [2.75, 3.05) is 17.7 Å². The van der Waals surface area contributed by atoms with Crippen LogP contribution in [0.2, 0.25) is 0 Å².